The predicted octanol–water partition coefficient (Wildman–Crippen LogP) is 5.22. The van der Waals surface area contributed by atoms with E-state index >= 15 is 0 Å². The first-order valence-corrected chi connectivity index (χ1v) is 9.43. The minimum absolute atomic E-state index is 0.118. The molecule has 3 nitrogen and oxygen atoms in total. The van der Waals surface area contributed by atoms with Crippen molar-refractivity contribution in [3.8, 4) is 0 Å². The number of aryl methyl sites for hydroxylation is 1. The van der Waals surface area contributed by atoms with E-state index < -0.39 is 0 Å². The number of piperidine rings is 1. The molecule has 3 rings (SSSR count). The van der Waals surface area contributed by atoms with Gasteiger partial charge in [0.2, 0.25) is 0 Å². The summed E-state index contributed by atoms with van der Waals surface area (Å²) in [6, 6.07) is 14.3. The molecule has 1 aliphatic heterocycles. The van der Waals surface area contributed by atoms with Gasteiger partial charge in [-0.1, -0.05) is 57.0 Å². The van der Waals surface area contributed by atoms with Crippen LogP contribution in [0.5, 0.6) is 0 Å². The molecule has 0 unspecified atom stereocenters. The van der Waals surface area contributed by atoms with Crippen molar-refractivity contribution in [3.63, 3.8) is 0 Å². The lowest BCUT2D eigenvalue weighted by Gasteiger charge is -2.32. The van der Waals surface area contributed by atoms with Gasteiger partial charge in [0.1, 0.15) is 0 Å². The molecule has 2 heterocycles. The second kappa shape index (κ2) is 9.97. The summed E-state index contributed by atoms with van der Waals surface area (Å²) in [4.78, 5) is 18.7. The molecule has 0 atom stereocenters. The third-order valence-corrected chi connectivity index (χ3v) is 4.79. The average Bonchev–Trinajstić information content (AvgIpc) is 2.69. The molecular weight excluding hydrogens is 308 g/mol. The standard InChI is InChI=1S/C18H20N2O.C4H10/c1-14-17(8-5-11-19-14)18(21)20-12-9-16(10-13-20)15-6-3-2-4-7-15;1-3-4-2/h2-8,11,16H,9-10,12-13H2,1H3;3-4H2,1-2H3. The summed E-state index contributed by atoms with van der Waals surface area (Å²) >= 11 is 0. The van der Waals surface area contributed by atoms with Gasteiger partial charge in [0.05, 0.1) is 5.56 Å². The monoisotopic (exact) mass is 338 g/mol. The van der Waals surface area contributed by atoms with Crippen LogP contribution in [0.2, 0.25) is 0 Å². The van der Waals surface area contributed by atoms with Crippen molar-refractivity contribution in [2.75, 3.05) is 13.1 Å². The number of pyridine rings is 1. The summed E-state index contributed by atoms with van der Waals surface area (Å²) in [6.07, 6.45) is 6.44. The minimum Gasteiger partial charge on any atom is -0.339 e. The molecule has 3 heteroatoms. The first-order valence-electron chi connectivity index (χ1n) is 9.43. The highest BCUT2D eigenvalue weighted by Gasteiger charge is 2.25. The fraction of sp³-hybridized carbons (Fsp3) is 0.455. The summed E-state index contributed by atoms with van der Waals surface area (Å²) in [7, 11) is 0. The zero-order valence-corrected chi connectivity index (χ0v) is 15.7. The molecule has 0 N–H and O–H groups in total. The first-order chi connectivity index (χ1) is 12.2. The summed E-state index contributed by atoms with van der Waals surface area (Å²) in [5.74, 6) is 0.692. The Hall–Kier alpha value is -2.16. The van der Waals surface area contributed by atoms with E-state index in [2.05, 4.69) is 43.1 Å². The molecule has 1 saturated heterocycles. The van der Waals surface area contributed by atoms with E-state index in [1.807, 2.05) is 30.0 Å². The predicted molar refractivity (Wildman–Crippen MR) is 104 cm³/mol. The van der Waals surface area contributed by atoms with Gasteiger partial charge in [-0.05, 0) is 43.4 Å². The highest BCUT2D eigenvalue weighted by atomic mass is 16.2. The highest BCUT2D eigenvalue weighted by molar-refractivity contribution is 5.95. The molecule has 25 heavy (non-hydrogen) atoms. The van der Waals surface area contributed by atoms with E-state index in [4.69, 9.17) is 0 Å². The number of unbranched alkanes of at least 4 members (excludes halogenated alkanes) is 1. The maximum absolute atomic E-state index is 12.5. The number of nitrogens with zero attached hydrogens (tertiary/aromatic N) is 2. The zero-order chi connectivity index (χ0) is 18.1. The van der Waals surface area contributed by atoms with Gasteiger partial charge in [0.15, 0.2) is 0 Å². The van der Waals surface area contributed by atoms with Crippen LogP contribution < -0.4 is 0 Å². The number of amides is 1. The summed E-state index contributed by atoms with van der Waals surface area (Å²) < 4.78 is 0. The van der Waals surface area contributed by atoms with Crippen LogP contribution in [-0.4, -0.2) is 28.9 Å². The SMILES string of the molecule is CCCC.Cc1ncccc1C(=O)N1CCC(c2ccccc2)CC1. The molecule has 1 aromatic carbocycles. The Morgan fingerprint density at radius 3 is 2.24 bits per heavy atom. The molecule has 0 spiro atoms. The number of carbonyl (C=O) groups is 1. The van der Waals surface area contributed by atoms with Crippen LogP contribution in [0.15, 0.2) is 48.7 Å². The highest BCUT2D eigenvalue weighted by Crippen LogP contribution is 2.28. The molecule has 1 amide bonds. The Balaban J connectivity index is 0.000000511. The molecule has 0 saturated carbocycles. The topological polar surface area (TPSA) is 33.2 Å². The van der Waals surface area contributed by atoms with Gasteiger partial charge >= 0.3 is 0 Å². The van der Waals surface area contributed by atoms with Crippen LogP contribution in [0, 0.1) is 6.92 Å². The number of aromatic nitrogens is 1. The lowest BCUT2D eigenvalue weighted by molar-refractivity contribution is 0.0711. The molecule has 1 aromatic heterocycles. The van der Waals surface area contributed by atoms with Crippen molar-refractivity contribution < 1.29 is 4.79 Å². The van der Waals surface area contributed by atoms with Gasteiger partial charge in [-0.2, -0.15) is 0 Å². The van der Waals surface area contributed by atoms with Crippen LogP contribution >= 0.6 is 0 Å². The van der Waals surface area contributed by atoms with Crippen LogP contribution in [0.3, 0.4) is 0 Å². The molecule has 1 aliphatic rings. The molecule has 134 valence electrons. The van der Waals surface area contributed by atoms with Crippen molar-refractivity contribution in [1.82, 2.24) is 9.88 Å². The Morgan fingerprint density at radius 2 is 1.68 bits per heavy atom. The van der Waals surface area contributed by atoms with Crippen molar-refractivity contribution in [1.29, 1.82) is 0 Å². The second-order valence-corrected chi connectivity index (χ2v) is 6.61. The van der Waals surface area contributed by atoms with Crippen molar-refractivity contribution in [2.24, 2.45) is 0 Å². The Morgan fingerprint density at radius 1 is 1.04 bits per heavy atom. The largest absolute Gasteiger partial charge is 0.339 e. The minimum atomic E-state index is 0.118. The van der Waals surface area contributed by atoms with Crippen molar-refractivity contribution in [3.05, 3.63) is 65.5 Å². The summed E-state index contributed by atoms with van der Waals surface area (Å²) in [5.41, 5.74) is 2.94. The van der Waals surface area contributed by atoms with Crippen molar-refractivity contribution >= 4 is 5.91 Å². The van der Waals surface area contributed by atoms with Gasteiger partial charge in [-0.25, -0.2) is 0 Å². The third-order valence-electron chi connectivity index (χ3n) is 4.79. The maximum Gasteiger partial charge on any atom is 0.255 e. The van der Waals surface area contributed by atoms with Crippen LogP contribution in [-0.2, 0) is 0 Å². The van der Waals surface area contributed by atoms with Gasteiger partial charge in [0.25, 0.3) is 5.91 Å². The number of benzene rings is 1. The quantitative estimate of drug-likeness (QED) is 0.769. The second-order valence-electron chi connectivity index (χ2n) is 6.61. The number of rotatable bonds is 3. The molecule has 2 aromatic rings. The maximum atomic E-state index is 12.5. The van der Waals surface area contributed by atoms with Gasteiger partial charge < -0.3 is 4.90 Å². The van der Waals surface area contributed by atoms with Gasteiger partial charge in [-0.15, -0.1) is 0 Å². The normalized spacial score (nSPS) is 14.6. The molecule has 0 aliphatic carbocycles. The summed E-state index contributed by atoms with van der Waals surface area (Å²) in [6.45, 7) is 7.91. The zero-order valence-electron chi connectivity index (χ0n) is 15.7. The van der Waals surface area contributed by atoms with Crippen molar-refractivity contribution in [2.45, 2.75) is 52.4 Å². The lowest BCUT2D eigenvalue weighted by Crippen LogP contribution is -2.38. The molecule has 1 fully saturated rings. The van der Waals surface area contributed by atoms with E-state index in [0.717, 1.165) is 37.2 Å². The van der Waals surface area contributed by atoms with Gasteiger partial charge in [0, 0.05) is 25.0 Å². The fourth-order valence-electron chi connectivity index (χ4n) is 3.02. The van der Waals surface area contributed by atoms with E-state index in [0.29, 0.717) is 5.92 Å². The van der Waals surface area contributed by atoms with Crippen LogP contribution in [0.4, 0.5) is 0 Å². The van der Waals surface area contributed by atoms with E-state index in [1.165, 1.54) is 18.4 Å². The van der Waals surface area contributed by atoms with E-state index in [9.17, 15) is 4.79 Å². The Labute approximate surface area is 152 Å². The lowest BCUT2D eigenvalue weighted by atomic mass is 9.89. The summed E-state index contributed by atoms with van der Waals surface area (Å²) in [5, 5.41) is 0. The molecule has 0 bridgehead atoms. The number of likely N-dealkylation sites (tertiary alicyclic amines) is 1. The van der Waals surface area contributed by atoms with Crippen LogP contribution in [0.25, 0.3) is 0 Å². The number of hydrogen-bond donors (Lipinski definition) is 0. The Bertz CT molecular complexity index is 644. The van der Waals surface area contributed by atoms with Gasteiger partial charge in [-0.3, -0.25) is 9.78 Å². The van der Waals surface area contributed by atoms with E-state index in [1.54, 1.807) is 6.20 Å². The van der Waals surface area contributed by atoms with E-state index in [-0.39, 0.29) is 5.91 Å². The first kappa shape index (κ1) is 19.2. The number of hydrogen-bond acceptors (Lipinski definition) is 2. The Kier molecular flexibility index (Phi) is 7.65. The average molecular weight is 338 g/mol. The number of carbonyl (C=O) groups excluding carboxylic acids is 1. The third kappa shape index (κ3) is 5.42. The smallest absolute Gasteiger partial charge is 0.255 e. The fourth-order valence-corrected chi connectivity index (χ4v) is 3.02. The molecular formula is C22H30N2O. The molecule has 0 radical (unpaired) electrons. The van der Waals surface area contributed by atoms with Crippen LogP contribution in [0.1, 0.15) is 67.1 Å².